The number of likely N-dealkylation sites (tertiary alicyclic amines) is 1. The Morgan fingerprint density at radius 1 is 1.27 bits per heavy atom. The zero-order chi connectivity index (χ0) is 18.3. The van der Waals surface area contributed by atoms with E-state index in [0.717, 1.165) is 22.7 Å². The van der Waals surface area contributed by atoms with Gasteiger partial charge in [-0.3, -0.25) is 4.79 Å². The van der Waals surface area contributed by atoms with E-state index in [4.69, 9.17) is 5.73 Å². The fourth-order valence-corrected chi connectivity index (χ4v) is 4.39. The van der Waals surface area contributed by atoms with Crippen molar-refractivity contribution in [1.29, 1.82) is 0 Å². The average Bonchev–Trinajstić information content (AvgIpc) is 3.18. The number of carbonyl (C=O) groups is 1. The Morgan fingerprint density at radius 3 is 2.81 bits per heavy atom. The molecule has 1 saturated heterocycles. The molecule has 1 unspecified atom stereocenters. The molecule has 134 valence electrons. The largest absolute Gasteiger partial charge is 0.375 e. The number of carbonyl (C=O) groups excluding carboxylic acids is 1. The zero-order valence-electron chi connectivity index (χ0n) is 13.9. The molecule has 1 fully saturated rings. The Kier molecular flexibility index (Phi) is 4.32. The van der Waals surface area contributed by atoms with E-state index in [2.05, 4.69) is 4.98 Å². The molecule has 1 aromatic heterocycles. The molecule has 2 heterocycles. The lowest BCUT2D eigenvalue weighted by molar-refractivity contribution is 0.0789. The molecular weight excluding hydrogens is 356 g/mol. The van der Waals surface area contributed by atoms with Crippen LogP contribution in [-0.4, -0.2) is 28.9 Å². The van der Waals surface area contributed by atoms with E-state index in [1.165, 1.54) is 23.5 Å². The summed E-state index contributed by atoms with van der Waals surface area (Å²) in [5.41, 5.74) is 7.72. The summed E-state index contributed by atoms with van der Waals surface area (Å²) in [6, 6.07) is 9.01. The van der Waals surface area contributed by atoms with Crippen molar-refractivity contribution < 1.29 is 13.6 Å². The van der Waals surface area contributed by atoms with Crippen molar-refractivity contribution in [2.75, 3.05) is 18.8 Å². The number of amides is 1. The topological polar surface area (TPSA) is 59.2 Å². The second-order valence-corrected chi connectivity index (χ2v) is 7.62. The van der Waals surface area contributed by atoms with E-state index in [9.17, 15) is 13.6 Å². The first-order valence-electron chi connectivity index (χ1n) is 8.39. The van der Waals surface area contributed by atoms with Gasteiger partial charge in [0.05, 0.1) is 15.8 Å². The van der Waals surface area contributed by atoms with Gasteiger partial charge in [0.2, 0.25) is 0 Å². The summed E-state index contributed by atoms with van der Waals surface area (Å²) in [6.07, 6.45) is 1.36. The maximum atomic E-state index is 13.4. The highest BCUT2D eigenvalue weighted by atomic mass is 32.1. The molecular formula is C19H17F2N3OS. The smallest absolute Gasteiger partial charge is 0.255 e. The first kappa shape index (κ1) is 16.9. The number of nitrogens with two attached hydrogens (primary N) is 1. The van der Waals surface area contributed by atoms with E-state index in [1.54, 1.807) is 17.0 Å². The van der Waals surface area contributed by atoms with Gasteiger partial charge in [-0.25, -0.2) is 13.8 Å². The number of nitrogen functional groups attached to an aromatic ring is 1. The van der Waals surface area contributed by atoms with E-state index in [-0.39, 0.29) is 11.8 Å². The first-order valence-corrected chi connectivity index (χ1v) is 9.20. The van der Waals surface area contributed by atoms with Crippen LogP contribution in [0, 0.1) is 17.6 Å². The summed E-state index contributed by atoms with van der Waals surface area (Å²) >= 11 is 1.31. The van der Waals surface area contributed by atoms with Gasteiger partial charge in [0.25, 0.3) is 5.91 Å². The van der Waals surface area contributed by atoms with E-state index in [0.29, 0.717) is 35.8 Å². The van der Waals surface area contributed by atoms with Gasteiger partial charge in [-0.15, -0.1) is 0 Å². The van der Waals surface area contributed by atoms with Gasteiger partial charge in [0, 0.05) is 19.2 Å². The summed E-state index contributed by atoms with van der Waals surface area (Å²) in [5.74, 6) is -1.00. The maximum absolute atomic E-state index is 13.4. The molecule has 0 saturated carbocycles. The van der Waals surface area contributed by atoms with Crippen LogP contribution in [-0.2, 0) is 6.42 Å². The summed E-state index contributed by atoms with van der Waals surface area (Å²) < 4.78 is 27.5. The molecule has 7 heteroatoms. The molecule has 1 aliphatic heterocycles. The van der Waals surface area contributed by atoms with Gasteiger partial charge < -0.3 is 10.6 Å². The minimum Gasteiger partial charge on any atom is -0.375 e. The van der Waals surface area contributed by atoms with E-state index in [1.807, 2.05) is 6.07 Å². The van der Waals surface area contributed by atoms with Gasteiger partial charge in [-0.2, -0.15) is 0 Å². The molecule has 1 aliphatic rings. The van der Waals surface area contributed by atoms with Gasteiger partial charge in [-0.05, 0) is 48.6 Å². The van der Waals surface area contributed by atoms with Crippen LogP contribution in [0.15, 0.2) is 36.4 Å². The third kappa shape index (κ3) is 3.26. The first-order chi connectivity index (χ1) is 12.5. The number of thiazole rings is 1. The Morgan fingerprint density at radius 2 is 2.04 bits per heavy atom. The second-order valence-electron chi connectivity index (χ2n) is 6.59. The monoisotopic (exact) mass is 373 g/mol. The minimum absolute atomic E-state index is 0.0489. The third-order valence-corrected chi connectivity index (χ3v) is 5.62. The second kappa shape index (κ2) is 6.64. The molecule has 1 amide bonds. The number of fused-ring (bicyclic) bond motifs is 1. The van der Waals surface area contributed by atoms with Crippen LogP contribution in [0.5, 0.6) is 0 Å². The van der Waals surface area contributed by atoms with E-state index < -0.39 is 11.6 Å². The molecule has 2 N–H and O–H groups in total. The summed E-state index contributed by atoms with van der Waals surface area (Å²) in [5, 5.41) is 0.438. The highest BCUT2D eigenvalue weighted by Crippen LogP contribution is 2.30. The molecule has 1 atom stereocenters. The summed E-state index contributed by atoms with van der Waals surface area (Å²) in [6.45, 7) is 1.20. The van der Waals surface area contributed by atoms with Crippen molar-refractivity contribution in [3.05, 3.63) is 59.2 Å². The number of hydrogen-bond acceptors (Lipinski definition) is 4. The zero-order valence-corrected chi connectivity index (χ0v) is 14.7. The van der Waals surface area contributed by atoms with Crippen molar-refractivity contribution in [1.82, 2.24) is 9.88 Å². The lowest BCUT2D eigenvalue weighted by Gasteiger charge is -2.17. The quantitative estimate of drug-likeness (QED) is 0.758. The van der Waals surface area contributed by atoms with Crippen molar-refractivity contribution in [3.8, 4) is 0 Å². The normalized spacial score (nSPS) is 17.2. The highest BCUT2D eigenvalue weighted by molar-refractivity contribution is 7.22. The fraction of sp³-hybridized carbons (Fsp3) is 0.263. The van der Waals surface area contributed by atoms with Gasteiger partial charge in [-0.1, -0.05) is 17.4 Å². The summed E-state index contributed by atoms with van der Waals surface area (Å²) in [7, 11) is 0. The van der Waals surface area contributed by atoms with Crippen LogP contribution in [0.2, 0.25) is 0 Å². The highest BCUT2D eigenvalue weighted by Gasteiger charge is 2.28. The molecule has 26 heavy (non-hydrogen) atoms. The number of nitrogens with zero attached hydrogens (tertiary/aromatic N) is 2. The van der Waals surface area contributed by atoms with Gasteiger partial charge in [0.15, 0.2) is 5.13 Å². The van der Waals surface area contributed by atoms with Gasteiger partial charge in [0.1, 0.15) is 11.6 Å². The van der Waals surface area contributed by atoms with Crippen LogP contribution in [0.4, 0.5) is 13.9 Å². The molecule has 0 spiro atoms. The Hall–Kier alpha value is -2.54. The third-order valence-electron chi connectivity index (χ3n) is 4.68. The molecule has 4 nitrogen and oxygen atoms in total. The Balaban J connectivity index is 1.50. The van der Waals surface area contributed by atoms with Crippen LogP contribution in [0.1, 0.15) is 22.3 Å². The minimum atomic E-state index is -0.569. The van der Waals surface area contributed by atoms with Crippen molar-refractivity contribution in [2.45, 2.75) is 12.8 Å². The molecule has 0 bridgehead atoms. The number of anilines is 1. The lowest BCUT2D eigenvalue weighted by atomic mass is 9.98. The number of benzene rings is 2. The molecule has 4 rings (SSSR count). The Labute approximate surface area is 153 Å². The van der Waals surface area contributed by atoms with Crippen LogP contribution in [0.25, 0.3) is 10.2 Å². The van der Waals surface area contributed by atoms with Crippen molar-refractivity contribution in [3.63, 3.8) is 0 Å². The maximum Gasteiger partial charge on any atom is 0.255 e. The molecule has 3 aromatic rings. The SMILES string of the molecule is Nc1nc2cccc(C(=O)N3CCC(Cc4cc(F)cc(F)c4)C3)c2s1. The van der Waals surface area contributed by atoms with Crippen molar-refractivity contribution in [2.24, 2.45) is 5.92 Å². The van der Waals surface area contributed by atoms with Crippen molar-refractivity contribution >= 4 is 32.6 Å². The standard InChI is InChI=1S/C19H17F2N3OS/c20-13-7-12(8-14(21)9-13)6-11-4-5-24(10-11)18(25)15-2-1-3-16-17(15)26-19(22)23-16/h1-3,7-9,11H,4-6,10H2,(H2,22,23). The Bertz CT molecular complexity index is 968. The predicted octanol–water partition coefficient (Wildman–Crippen LogP) is 3.86. The molecule has 0 aliphatic carbocycles. The lowest BCUT2D eigenvalue weighted by Crippen LogP contribution is -2.29. The van der Waals surface area contributed by atoms with Gasteiger partial charge >= 0.3 is 0 Å². The van der Waals surface area contributed by atoms with Crippen LogP contribution >= 0.6 is 11.3 Å². The number of aromatic nitrogens is 1. The fourth-order valence-electron chi connectivity index (χ4n) is 3.55. The molecule has 0 radical (unpaired) electrons. The molecule has 2 aromatic carbocycles. The number of halogens is 2. The summed E-state index contributed by atoms with van der Waals surface area (Å²) in [4.78, 5) is 18.9. The van der Waals surface area contributed by atoms with Crippen LogP contribution < -0.4 is 5.73 Å². The predicted molar refractivity (Wildman–Crippen MR) is 98.1 cm³/mol. The van der Waals surface area contributed by atoms with E-state index >= 15 is 0 Å². The number of hydrogen-bond donors (Lipinski definition) is 1. The van der Waals surface area contributed by atoms with Crippen LogP contribution in [0.3, 0.4) is 0 Å². The average molecular weight is 373 g/mol. The number of rotatable bonds is 3.